The molecule has 4 nitrogen and oxygen atoms in total. The molecule has 0 saturated carbocycles. The van der Waals surface area contributed by atoms with Crippen molar-refractivity contribution in [1.29, 1.82) is 0 Å². The number of benzene rings is 2. The fraction of sp³-hybridized carbons (Fsp3) is 0.176. The van der Waals surface area contributed by atoms with Gasteiger partial charge in [0.15, 0.2) is 0 Å². The monoisotopic (exact) mass is 314 g/mol. The second-order valence-corrected chi connectivity index (χ2v) is 5.61. The first kappa shape index (κ1) is 16.1. The highest BCUT2D eigenvalue weighted by Gasteiger charge is 2.20. The van der Waals surface area contributed by atoms with E-state index in [-0.39, 0.29) is 11.8 Å². The van der Waals surface area contributed by atoms with Gasteiger partial charge in [-0.1, -0.05) is 36.4 Å². The van der Waals surface area contributed by atoms with Crippen LogP contribution in [0.5, 0.6) is 0 Å². The molecule has 0 aliphatic rings. The summed E-state index contributed by atoms with van der Waals surface area (Å²) in [7, 11) is 0. The molecule has 2 amide bonds. The average molecular weight is 314 g/mol. The number of thioether (sulfide) groups is 1. The number of anilines is 1. The van der Waals surface area contributed by atoms with E-state index in [0.29, 0.717) is 17.0 Å². The lowest BCUT2D eigenvalue weighted by atomic mass is 10.2. The molecule has 2 N–H and O–H groups in total. The predicted molar refractivity (Wildman–Crippen MR) is 91.1 cm³/mol. The summed E-state index contributed by atoms with van der Waals surface area (Å²) in [6, 6.07) is 17.5. The quantitative estimate of drug-likeness (QED) is 0.862. The fourth-order valence-corrected chi connectivity index (χ4v) is 2.50. The molecule has 2 aromatic rings. The van der Waals surface area contributed by atoms with E-state index in [2.05, 4.69) is 10.6 Å². The Bertz CT molecular complexity index is 617. The molecule has 0 aromatic heterocycles. The van der Waals surface area contributed by atoms with E-state index in [1.54, 1.807) is 24.3 Å². The SMILES string of the molecule is CSC[C@H](NC(=O)c1ccccc1)C(=O)Nc1ccccc1. The first-order valence-corrected chi connectivity index (χ1v) is 8.31. The summed E-state index contributed by atoms with van der Waals surface area (Å²) in [6.45, 7) is 0. The second-order valence-electron chi connectivity index (χ2n) is 4.70. The standard InChI is InChI=1S/C17H18N2O2S/c1-22-12-15(17(21)18-14-10-6-3-7-11-14)19-16(20)13-8-4-2-5-9-13/h2-11,15H,12H2,1H3,(H,18,21)(H,19,20)/t15-/m0/s1. The molecule has 0 fully saturated rings. The molecule has 5 heteroatoms. The van der Waals surface area contributed by atoms with Crippen molar-refractivity contribution >= 4 is 29.3 Å². The van der Waals surface area contributed by atoms with E-state index in [0.717, 1.165) is 0 Å². The molecule has 0 spiro atoms. The molecule has 114 valence electrons. The fourth-order valence-electron chi connectivity index (χ4n) is 1.93. The van der Waals surface area contributed by atoms with Crippen molar-refractivity contribution in [2.24, 2.45) is 0 Å². The Labute approximate surface area is 134 Å². The van der Waals surface area contributed by atoms with Crippen molar-refractivity contribution in [1.82, 2.24) is 5.32 Å². The van der Waals surface area contributed by atoms with Crippen LogP contribution in [0, 0.1) is 0 Å². The van der Waals surface area contributed by atoms with Gasteiger partial charge in [-0.05, 0) is 30.5 Å². The number of rotatable bonds is 6. The van der Waals surface area contributed by atoms with Gasteiger partial charge < -0.3 is 10.6 Å². The highest BCUT2D eigenvalue weighted by Crippen LogP contribution is 2.08. The van der Waals surface area contributed by atoms with E-state index >= 15 is 0 Å². The van der Waals surface area contributed by atoms with Gasteiger partial charge in [-0.25, -0.2) is 0 Å². The Hall–Kier alpha value is -2.27. The Morgan fingerprint density at radius 3 is 2.18 bits per heavy atom. The summed E-state index contributed by atoms with van der Waals surface area (Å²) in [5.41, 5.74) is 1.26. The van der Waals surface area contributed by atoms with Crippen molar-refractivity contribution in [2.75, 3.05) is 17.3 Å². The minimum atomic E-state index is -0.581. The van der Waals surface area contributed by atoms with E-state index in [1.807, 2.05) is 42.7 Å². The van der Waals surface area contributed by atoms with Crippen molar-refractivity contribution in [3.8, 4) is 0 Å². The number of hydrogen-bond donors (Lipinski definition) is 2. The minimum absolute atomic E-state index is 0.218. The van der Waals surface area contributed by atoms with Gasteiger partial charge in [0.2, 0.25) is 5.91 Å². The van der Waals surface area contributed by atoms with Crippen LogP contribution in [-0.2, 0) is 4.79 Å². The van der Waals surface area contributed by atoms with Crippen LogP contribution in [0.2, 0.25) is 0 Å². The van der Waals surface area contributed by atoms with Crippen LogP contribution >= 0.6 is 11.8 Å². The molecule has 0 aliphatic heterocycles. The molecular formula is C17H18N2O2S. The number of amides is 2. The van der Waals surface area contributed by atoms with Crippen LogP contribution in [0.4, 0.5) is 5.69 Å². The molecule has 2 aromatic carbocycles. The number of nitrogens with one attached hydrogen (secondary N) is 2. The van der Waals surface area contributed by atoms with E-state index in [4.69, 9.17) is 0 Å². The number of carbonyl (C=O) groups excluding carboxylic acids is 2. The summed E-state index contributed by atoms with van der Waals surface area (Å²) in [5, 5.41) is 5.60. The average Bonchev–Trinajstić information content (AvgIpc) is 2.56. The summed E-state index contributed by atoms with van der Waals surface area (Å²) in [5.74, 6) is 0.0461. The molecule has 2 rings (SSSR count). The molecule has 1 atom stereocenters. The van der Waals surface area contributed by atoms with Crippen LogP contribution in [-0.4, -0.2) is 29.9 Å². The van der Waals surface area contributed by atoms with Gasteiger partial charge in [0.1, 0.15) is 6.04 Å². The Kier molecular flexibility index (Phi) is 6.03. The van der Waals surface area contributed by atoms with Gasteiger partial charge >= 0.3 is 0 Å². The van der Waals surface area contributed by atoms with Gasteiger partial charge in [0.05, 0.1) is 0 Å². The molecule has 0 radical (unpaired) electrons. The van der Waals surface area contributed by atoms with Crippen LogP contribution in [0.25, 0.3) is 0 Å². The molecule has 0 bridgehead atoms. The third kappa shape index (κ3) is 4.63. The summed E-state index contributed by atoms with van der Waals surface area (Å²) >= 11 is 1.51. The largest absolute Gasteiger partial charge is 0.339 e. The Morgan fingerprint density at radius 2 is 1.59 bits per heavy atom. The molecule has 0 saturated heterocycles. The highest BCUT2D eigenvalue weighted by atomic mass is 32.2. The molecular weight excluding hydrogens is 296 g/mol. The highest BCUT2D eigenvalue weighted by molar-refractivity contribution is 7.98. The minimum Gasteiger partial charge on any atom is -0.339 e. The summed E-state index contributed by atoms with van der Waals surface area (Å²) in [6.07, 6.45) is 1.90. The smallest absolute Gasteiger partial charge is 0.251 e. The summed E-state index contributed by atoms with van der Waals surface area (Å²) < 4.78 is 0. The van der Waals surface area contributed by atoms with Crippen molar-refractivity contribution in [2.45, 2.75) is 6.04 Å². The van der Waals surface area contributed by atoms with Crippen LogP contribution in [0.1, 0.15) is 10.4 Å². The second kappa shape index (κ2) is 8.24. The van der Waals surface area contributed by atoms with Gasteiger partial charge in [-0.3, -0.25) is 9.59 Å². The number of hydrogen-bond acceptors (Lipinski definition) is 3. The third-order valence-corrected chi connectivity index (χ3v) is 3.70. The summed E-state index contributed by atoms with van der Waals surface area (Å²) in [4.78, 5) is 24.5. The lowest BCUT2D eigenvalue weighted by molar-refractivity contribution is -0.117. The van der Waals surface area contributed by atoms with Crippen molar-refractivity contribution in [3.63, 3.8) is 0 Å². The Balaban J connectivity index is 2.03. The van der Waals surface area contributed by atoms with E-state index < -0.39 is 6.04 Å². The van der Waals surface area contributed by atoms with E-state index in [9.17, 15) is 9.59 Å². The molecule has 0 unspecified atom stereocenters. The van der Waals surface area contributed by atoms with Crippen molar-refractivity contribution in [3.05, 3.63) is 66.2 Å². The lowest BCUT2D eigenvalue weighted by Crippen LogP contribution is -2.45. The zero-order valence-electron chi connectivity index (χ0n) is 12.3. The zero-order chi connectivity index (χ0) is 15.8. The molecule has 0 heterocycles. The zero-order valence-corrected chi connectivity index (χ0v) is 13.1. The van der Waals surface area contributed by atoms with E-state index in [1.165, 1.54) is 11.8 Å². The van der Waals surface area contributed by atoms with Crippen LogP contribution in [0.3, 0.4) is 0 Å². The van der Waals surface area contributed by atoms with Gasteiger partial charge in [0.25, 0.3) is 5.91 Å². The lowest BCUT2D eigenvalue weighted by Gasteiger charge is -2.17. The van der Waals surface area contributed by atoms with Crippen LogP contribution in [0.15, 0.2) is 60.7 Å². The van der Waals surface area contributed by atoms with Gasteiger partial charge in [-0.2, -0.15) is 11.8 Å². The number of carbonyl (C=O) groups is 2. The third-order valence-electron chi connectivity index (χ3n) is 3.03. The first-order valence-electron chi connectivity index (χ1n) is 6.91. The van der Waals surface area contributed by atoms with Gasteiger partial charge in [0, 0.05) is 17.0 Å². The topological polar surface area (TPSA) is 58.2 Å². The van der Waals surface area contributed by atoms with Crippen LogP contribution < -0.4 is 10.6 Å². The maximum Gasteiger partial charge on any atom is 0.251 e. The molecule has 22 heavy (non-hydrogen) atoms. The molecule has 0 aliphatic carbocycles. The Morgan fingerprint density at radius 1 is 1.00 bits per heavy atom. The maximum atomic E-state index is 12.3. The first-order chi connectivity index (χ1) is 10.7. The number of para-hydroxylation sites is 1. The normalized spacial score (nSPS) is 11.5. The predicted octanol–water partition coefficient (Wildman–Crippen LogP) is 2.79. The van der Waals surface area contributed by atoms with Crippen molar-refractivity contribution < 1.29 is 9.59 Å². The van der Waals surface area contributed by atoms with Gasteiger partial charge in [-0.15, -0.1) is 0 Å². The maximum absolute atomic E-state index is 12.3.